The van der Waals surface area contributed by atoms with Crippen LogP contribution in [0, 0.1) is 11.7 Å². The van der Waals surface area contributed by atoms with Crippen LogP contribution in [0.3, 0.4) is 0 Å². The van der Waals surface area contributed by atoms with E-state index in [4.69, 9.17) is 11.6 Å². The van der Waals surface area contributed by atoms with Gasteiger partial charge in [-0.1, -0.05) is 29.8 Å². The van der Waals surface area contributed by atoms with Crippen LogP contribution in [-0.4, -0.2) is 28.1 Å². The molecule has 1 heterocycles. The number of rotatable bonds is 5. The fraction of sp³-hybridized carbons (Fsp3) is 0.294. The number of nitrogens with zero attached hydrogens (tertiary/aromatic N) is 1. The minimum Gasteiger partial charge on any atom is -0.371 e. The highest BCUT2D eigenvalue weighted by atomic mass is 35.5. The zero-order valence-electron chi connectivity index (χ0n) is 13.0. The second-order valence-corrected chi connectivity index (χ2v) is 8.04. The maximum Gasteiger partial charge on any atom is 0.240 e. The first-order chi connectivity index (χ1) is 11.5. The Kier molecular flexibility index (Phi) is 5.08. The Labute approximate surface area is 146 Å². The molecule has 0 spiro atoms. The first-order valence-corrected chi connectivity index (χ1v) is 9.56. The molecule has 3 rings (SSSR count). The van der Waals surface area contributed by atoms with E-state index in [0.29, 0.717) is 6.54 Å². The molecule has 1 fully saturated rings. The number of hydrogen-bond acceptors (Lipinski definition) is 3. The number of anilines is 1. The van der Waals surface area contributed by atoms with Gasteiger partial charge in [0.1, 0.15) is 5.82 Å². The summed E-state index contributed by atoms with van der Waals surface area (Å²) in [4.78, 5) is 2.22. The topological polar surface area (TPSA) is 49.4 Å². The van der Waals surface area contributed by atoms with Gasteiger partial charge >= 0.3 is 0 Å². The lowest BCUT2D eigenvalue weighted by atomic mass is 10.1. The lowest BCUT2D eigenvalue weighted by Gasteiger charge is -2.18. The molecule has 0 radical (unpaired) electrons. The van der Waals surface area contributed by atoms with Crippen molar-refractivity contribution in [3.05, 3.63) is 59.4 Å². The van der Waals surface area contributed by atoms with Crippen LogP contribution < -0.4 is 9.62 Å². The third-order valence-corrected chi connectivity index (χ3v) is 5.88. The Morgan fingerprint density at radius 2 is 1.96 bits per heavy atom. The van der Waals surface area contributed by atoms with Gasteiger partial charge in [0, 0.05) is 25.3 Å². The van der Waals surface area contributed by atoms with Crippen molar-refractivity contribution in [2.75, 3.05) is 24.5 Å². The van der Waals surface area contributed by atoms with Gasteiger partial charge in [0.05, 0.1) is 9.92 Å². The molecule has 2 aromatic rings. The molecule has 0 bridgehead atoms. The molecule has 24 heavy (non-hydrogen) atoms. The first-order valence-electron chi connectivity index (χ1n) is 7.70. The average Bonchev–Trinajstić information content (AvgIpc) is 3.05. The number of nitrogens with one attached hydrogen (secondary N) is 1. The van der Waals surface area contributed by atoms with E-state index in [2.05, 4.69) is 9.62 Å². The Morgan fingerprint density at radius 1 is 1.21 bits per heavy atom. The molecule has 1 N–H and O–H groups in total. The number of hydrogen-bond donors (Lipinski definition) is 1. The fourth-order valence-corrected chi connectivity index (χ4v) is 4.21. The van der Waals surface area contributed by atoms with Gasteiger partial charge < -0.3 is 4.90 Å². The lowest BCUT2D eigenvalue weighted by molar-refractivity contribution is 0.541. The number of sulfonamides is 1. The van der Waals surface area contributed by atoms with E-state index in [0.717, 1.165) is 37.3 Å². The zero-order chi connectivity index (χ0) is 17.2. The molecule has 1 unspecified atom stereocenters. The van der Waals surface area contributed by atoms with Crippen molar-refractivity contribution in [3.8, 4) is 0 Å². The zero-order valence-corrected chi connectivity index (χ0v) is 14.5. The van der Waals surface area contributed by atoms with Gasteiger partial charge in [0.15, 0.2) is 0 Å². The fourth-order valence-electron chi connectivity index (χ4n) is 2.83. The van der Waals surface area contributed by atoms with Crippen molar-refractivity contribution < 1.29 is 12.8 Å². The van der Waals surface area contributed by atoms with Crippen molar-refractivity contribution >= 4 is 27.3 Å². The molecule has 1 aliphatic rings. The van der Waals surface area contributed by atoms with Gasteiger partial charge in [0.2, 0.25) is 10.0 Å². The van der Waals surface area contributed by atoms with Gasteiger partial charge in [-0.3, -0.25) is 0 Å². The summed E-state index contributed by atoms with van der Waals surface area (Å²) >= 11 is 5.66. The van der Waals surface area contributed by atoms with E-state index in [1.54, 1.807) is 0 Å². The first kappa shape index (κ1) is 17.2. The summed E-state index contributed by atoms with van der Waals surface area (Å²) < 4.78 is 40.4. The Hall–Kier alpha value is -1.63. The molecule has 7 heteroatoms. The van der Waals surface area contributed by atoms with Crippen molar-refractivity contribution in [1.82, 2.24) is 4.72 Å². The second kappa shape index (κ2) is 7.09. The van der Waals surface area contributed by atoms with Crippen molar-refractivity contribution in [3.63, 3.8) is 0 Å². The van der Waals surface area contributed by atoms with Crippen LogP contribution in [0.1, 0.15) is 6.42 Å². The minimum atomic E-state index is -3.69. The Balaban J connectivity index is 1.60. The van der Waals surface area contributed by atoms with E-state index in [1.807, 2.05) is 30.3 Å². The third-order valence-electron chi connectivity index (χ3n) is 4.17. The van der Waals surface area contributed by atoms with Crippen LogP contribution >= 0.6 is 11.6 Å². The molecule has 1 atom stereocenters. The van der Waals surface area contributed by atoms with Gasteiger partial charge in [-0.2, -0.15) is 0 Å². The quantitative estimate of drug-likeness (QED) is 0.881. The molecule has 2 aromatic carbocycles. The van der Waals surface area contributed by atoms with Gasteiger partial charge in [-0.15, -0.1) is 0 Å². The van der Waals surface area contributed by atoms with Crippen LogP contribution in [0.4, 0.5) is 10.1 Å². The SMILES string of the molecule is O=S(=O)(NCC1CCN(c2ccccc2)C1)c1ccc(F)c(Cl)c1. The number of benzene rings is 2. The third kappa shape index (κ3) is 3.88. The lowest BCUT2D eigenvalue weighted by Crippen LogP contribution is -2.31. The van der Waals surface area contributed by atoms with E-state index in [-0.39, 0.29) is 15.8 Å². The summed E-state index contributed by atoms with van der Waals surface area (Å²) in [7, 11) is -3.69. The molecule has 0 saturated carbocycles. The van der Waals surface area contributed by atoms with Gasteiger partial charge in [0.25, 0.3) is 0 Å². The highest BCUT2D eigenvalue weighted by Crippen LogP contribution is 2.24. The molecule has 0 aliphatic carbocycles. The summed E-state index contributed by atoms with van der Waals surface area (Å²) in [5, 5.41) is -0.200. The van der Waals surface area contributed by atoms with Crippen LogP contribution in [0.5, 0.6) is 0 Å². The maximum absolute atomic E-state index is 13.2. The Morgan fingerprint density at radius 3 is 2.67 bits per heavy atom. The van der Waals surface area contributed by atoms with Crippen LogP contribution in [0.2, 0.25) is 5.02 Å². The van der Waals surface area contributed by atoms with Crippen LogP contribution in [0.25, 0.3) is 0 Å². The largest absolute Gasteiger partial charge is 0.371 e. The molecule has 4 nitrogen and oxygen atoms in total. The highest BCUT2D eigenvalue weighted by Gasteiger charge is 2.25. The normalized spacial score (nSPS) is 18.1. The molecule has 128 valence electrons. The van der Waals surface area contributed by atoms with E-state index >= 15 is 0 Å². The summed E-state index contributed by atoms with van der Waals surface area (Å²) in [6.07, 6.45) is 0.918. The van der Waals surface area contributed by atoms with Crippen molar-refractivity contribution in [2.24, 2.45) is 5.92 Å². The summed E-state index contributed by atoms with van der Waals surface area (Å²) in [6, 6.07) is 13.5. The van der Waals surface area contributed by atoms with E-state index in [9.17, 15) is 12.8 Å². The molecule has 1 aliphatic heterocycles. The average molecular weight is 369 g/mol. The predicted molar refractivity (Wildman–Crippen MR) is 93.4 cm³/mol. The Bertz CT molecular complexity index is 815. The van der Waals surface area contributed by atoms with Crippen molar-refractivity contribution in [1.29, 1.82) is 0 Å². The number of halogens is 2. The standard InChI is InChI=1S/C17H18ClFN2O2S/c18-16-10-15(6-7-17(16)19)24(22,23)20-11-13-8-9-21(12-13)14-4-2-1-3-5-14/h1-7,10,13,20H,8-9,11-12H2. The second-order valence-electron chi connectivity index (χ2n) is 5.86. The smallest absolute Gasteiger partial charge is 0.240 e. The molecule has 1 saturated heterocycles. The van der Waals surface area contributed by atoms with Gasteiger partial charge in [-0.25, -0.2) is 17.5 Å². The predicted octanol–water partition coefficient (Wildman–Crippen LogP) is 3.28. The van der Waals surface area contributed by atoms with Crippen molar-refractivity contribution in [2.45, 2.75) is 11.3 Å². The molecular formula is C17H18ClFN2O2S. The summed E-state index contributed by atoms with van der Waals surface area (Å²) in [5.74, 6) is -0.402. The van der Waals surface area contributed by atoms with E-state index in [1.165, 1.54) is 6.07 Å². The van der Waals surface area contributed by atoms with E-state index < -0.39 is 15.8 Å². The van der Waals surface area contributed by atoms with Crippen LogP contribution in [-0.2, 0) is 10.0 Å². The van der Waals surface area contributed by atoms with Gasteiger partial charge in [-0.05, 0) is 42.7 Å². The number of para-hydroxylation sites is 1. The maximum atomic E-state index is 13.2. The minimum absolute atomic E-state index is 0.0215. The molecule has 0 amide bonds. The highest BCUT2D eigenvalue weighted by molar-refractivity contribution is 7.89. The summed E-state index contributed by atoms with van der Waals surface area (Å²) in [5.41, 5.74) is 1.15. The molecular weight excluding hydrogens is 351 g/mol. The molecule has 0 aromatic heterocycles. The van der Waals surface area contributed by atoms with Crippen LogP contribution in [0.15, 0.2) is 53.4 Å². The monoisotopic (exact) mass is 368 g/mol. The summed E-state index contributed by atoms with van der Waals surface area (Å²) in [6.45, 7) is 2.05.